The van der Waals surface area contributed by atoms with Crippen molar-refractivity contribution in [2.24, 2.45) is 0 Å². The summed E-state index contributed by atoms with van der Waals surface area (Å²) < 4.78 is 5.35. The lowest BCUT2D eigenvalue weighted by Crippen LogP contribution is -2.38. The molecule has 1 saturated heterocycles. The van der Waals surface area contributed by atoms with Gasteiger partial charge in [-0.2, -0.15) is 0 Å². The summed E-state index contributed by atoms with van der Waals surface area (Å²) in [5, 5.41) is 5.46. The van der Waals surface area contributed by atoms with Crippen molar-refractivity contribution < 1.29 is 9.53 Å². The number of halogens is 1. The van der Waals surface area contributed by atoms with E-state index in [9.17, 15) is 4.79 Å². The number of morpholine rings is 1. The van der Waals surface area contributed by atoms with Gasteiger partial charge in [0, 0.05) is 18.0 Å². The first kappa shape index (κ1) is 16.8. The number of thiophene rings is 1. The molecule has 1 unspecified atom stereocenters. The number of ether oxygens (including phenoxy) is 1. The van der Waals surface area contributed by atoms with E-state index in [0.29, 0.717) is 32.3 Å². The first-order valence-electron chi connectivity index (χ1n) is 8.45. The van der Waals surface area contributed by atoms with Gasteiger partial charge in [0.1, 0.15) is 0 Å². The minimum absolute atomic E-state index is 0.0281. The Bertz CT molecular complexity index is 776. The molecule has 25 heavy (non-hydrogen) atoms. The Morgan fingerprint density at radius 1 is 1.40 bits per heavy atom. The van der Waals surface area contributed by atoms with Crippen LogP contribution in [0.3, 0.4) is 0 Å². The molecular weight excluding hydrogens is 360 g/mol. The number of carbonyl (C=O) groups is 1. The van der Waals surface area contributed by atoms with Crippen molar-refractivity contribution in [1.82, 2.24) is 15.3 Å². The summed E-state index contributed by atoms with van der Waals surface area (Å²) in [5.74, 6) is 0.281. The van der Waals surface area contributed by atoms with Gasteiger partial charge in [-0.3, -0.25) is 4.79 Å². The number of fused-ring (bicyclic) bond motifs is 1. The molecule has 6 nitrogen and oxygen atoms in total. The number of nitrogens with one attached hydrogen (secondary N) is 1. The van der Waals surface area contributed by atoms with E-state index in [1.165, 1.54) is 16.6 Å². The second-order valence-electron chi connectivity index (χ2n) is 6.18. The summed E-state index contributed by atoms with van der Waals surface area (Å²) >= 11 is 7.95. The smallest absolute Gasteiger partial charge is 0.272 e. The van der Waals surface area contributed by atoms with Gasteiger partial charge in [0.25, 0.3) is 5.91 Å². The van der Waals surface area contributed by atoms with E-state index in [-0.39, 0.29) is 22.7 Å². The molecule has 132 valence electrons. The summed E-state index contributed by atoms with van der Waals surface area (Å²) in [7, 11) is 0. The summed E-state index contributed by atoms with van der Waals surface area (Å²) in [6.07, 6.45) is 4.61. The normalized spacial score (nSPS) is 20.2. The van der Waals surface area contributed by atoms with E-state index in [1.807, 2.05) is 4.90 Å². The Balaban J connectivity index is 1.54. The highest BCUT2D eigenvalue weighted by Crippen LogP contribution is 2.33. The Morgan fingerprint density at radius 3 is 3.08 bits per heavy atom. The first-order chi connectivity index (χ1) is 12.2. The quantitative estimate of drug-likeness (QED) is 0.889. The summed E-state index contributed by atoms with van der Waals surface area (Å²) in [6, 6.07) is 2.13. The molecule has 1 aliphatic carbocycles. The minimum atomic E-state index is -0.244. The van der Waals surface area contributed by atoms with Crippen molar-refractivity contribution in [3.63, 3.8) is 0 Å². The van der Waals surface area contributed by atoms with Crippen LogP contribution in [-0.4, -0.2) is 42.2 Å². The van der Waals surface area contributed by atoms with Crippen molar-refractivity contribution in [3.05, 3.63) is 38.8 Å². The summed E-state index contributed by atoms with van der Waals surface area (Å²) in [6.45, 7) is 2.69. The molecule has 0 saturated carbocycles. The first-order valence-corrected chi connectivity index (χ1v) is 9.70. The van der Waals surface area contributed by atoms with Crippen LogP contribution >= 0.6 is 22.9 Å². The highest BCUT2D eigenvalue weighted by atomic mass is 35.5. The predicted octanol–water partition coefficient (Wildman–Crippen LogP) is 2.84. The SMILES string of the molecule is O=C(NC1CCCc2sccc21)c1nc(N2CCOCC2)ncc1Cl. The fourth-order valence-electron chi connectivity index (χ4n) is 3.30. The highest BCUT2D eigenvalue weighted by Gasteiger charge is 2.25. The van der Waals surface area contributed by atoms with Crippen molar-refractivity contribution in [2.45, 2.75) is 25.3 Å². The molecule has 0 spiro atoms. The van der Waals surface area contributed by atoms with Crippen LogP contribution in [0.1, 0.15) is 39.8 Å². The zero-order valence-corrected chi connectivity index (χ0v) is 15.3. The van der Waals surface area contributed by atoms with Gasteiger partial charge in [0.15, 0.2) is 5.69 Å². The third kappa shape index (κ3) is 3.49. The summed E-state index contributed by atoms with van der Waals surface area (Å²) in [4.78, 5) is 24.8. The number of nitrogens with zero attached hydrogens (tertiary/aromatic N) is 3. The minimum Gasteiger partial charge on any atom is -0.378 e. The Labute approximate surface area is 155 Å². The fraction of sp³-hybridized carbons (Fsp3) is 0.471. The van der Waals surface area contributed by atoms with E-state index in [4.69, 9.17) is 16.3 Å². The van der Waals surface area contributed by atoms with Crippen molar-refractivity contribution >= 4 is 34.8 Å². The predicted molar refractivity (Wildman–Crippen MR) is 97.5 cm³/mol. The molecular formula is C17H19ClN4O2S. The van der Waals surface area contributed by atoms with Crippen molar-refractivity contribution in [2.75, 3.05) is 31.2 Å². The fourth-order valence-corrected chi connectivity index (χ4v) is 4.46. The molecule has 1 aliphatic heterocycles. The van der Waals surface area contributed by atoms with E-state index in [1.54, 1.807) is 11.3 Å². The molecule has 2 aliphatic rings. The number of aromatic nitrogens is 2. The third-order valence-electron chi connectivity index (χ3n) is 4.60. The molecule has 2 aromatic heterocycles. The average Bonchev–Trinajstić information content (AvgIpc) is 3.12. The van der Waals surface area contributed by atoms with E-state index in [2.05, 4.69) is 26.7 Å². The largest absolute Gasteiger partial charge is 0.378 e. The Morgan fingerprint density at radius 2 is 2.24 bits per heavy atom. The molecule has 1 N–H and O–H groups in total. The Hall–Kier alpha value is -1.70. The topological polar surface area (TPSA) is 67.4 Å². The van der Waals surface area contributed by atoms with Crippen molar-refractivity contribution in [1.29, 1.82) is 0 Å². The molecule has 1 fully saturated rings. The maximum absolute atomic E-state index is 12.8. The van der Waals surface area contributed by atoms with Gasteiger partial charge in [-0.15, -0.1) is 11.3 Å². The average molecular weight is 379 g/mol. The highest BCUT2D eigenvalue weighted by molar-refractivity contribution is 7.10. The molecule has 2 aromatic rings. The van der Waals surface area contributed by atoms with Gasteiger partial charge in [-0.25, -0.2) is 9.97 Å². The number of hydrogen-bond donors (Lipinski definition) is 1. The lowest BCUT2D eigenvalue weighted by atomic mass is 9.94. The van der Waals surface area contributed by atoms with Crippen LogP contribution in [0.15, 0.2) is 17.6 Å². The maximum Gasteiger partial charge on any atom is 0.272 e. The number of anilines is 1. The van der Waals surface area contributed by atoms with Gasteiger partial charge in [0.05, 0.1) is 30.5 Å². The van der Waals surface area contributed by atoms with E-state index in [0.717, 1.165) is 19.3 Å². The van der Waals surface area contributed by atoms with Gasteiger partial charge in [-0.05, 0) is 36.3 Å². The molecule has 3 heterocycles. The van der Waals surface area contributed by atoms with Gasteiger partial charge in [-0.1, -0.05) is 11.6 Å². The molecule has 0 bridgehead atoms. The van der Waals surface area contributed by atoms with Crippen LogP contribution in [0.5, 0.6) is 0 Å². The number of amides is 1. The Kier molecular flexibility index (Phi) is 4.87. The standard InChI is InChI=1S/C17H19ClN4O2S/c18-12-10-19-17(22-5-7-24-8-6-22)21-15(12)16(23)20-13-2-1-3-14-11(13)4-9-25-14/h4,9-10,13H,1-3,5-8H2,(H,20,23). The molecule has 1 amide bonds. The monoisotopic (exact) mass is 378 g/mol. The lowest BCUT2D eigenvalue weighted by Gasteiger charge is -2.27. The van der Waals surface area contributed by atoms with Crippen LogP contribution in [-0.2, 0) is 11.2 Å². The second-order valence-corrected chi connectivity index (χ2v) is 7.59. The molecule has 1 atom stereocenters. The third-order valence-corrected chi connectivity index (χ3v) is 5.87. The molecule has 4 rings (SSSR count). The van der Waals surface area contributed by atoms with Crippen LogP contribution in [0.2, 0.25) is 5.02 Å². The molecule has 8 heteroatoms. The van der Waals surface area contributed by atoms with Crippen LogP contribution in [0, 0.1) is 0 Å². The van der Waals surface area contributed by atoms with Gasteiger partial charge < -0.3 is 15.0 Å². The second kappa shape index (κ2) is 7.27. The van der Waals surface area contributed by atoms with Crippen LogP contribution in [0.4, 0.5) is 5.95 Å². The summed E-state index contributed by atoms with van der Waals surface area (Å²) in [5.41, 5.74) is 1.46. The van der Waals surface area contributed by atoms with Crippen molar-refractivity contribution in [3.8, 4) is 0 Å². The van der Waals surface area contributed by atoms with E-state index >= 15 is 0 Å². The molecule has 0 aromatic carbocycles. The number of hydrogen-bond acceptors (Lipinski definition) is 6. The van der Waals surface area contributed by atoms with Gasteiger partial charge >= 0.3 is 0 Å². The van der Waals surface area contributed by atoms with E-state index < -0.39 is 0 Å². The zero-order chi connectivity index (χ0) is 17.2. The zero-order valence-electron chi connectivity index (χ0n) is 13.7. The molecule has 0 radical (unpaired) electrons. The van der Waals surface area contributed by atoms with Crippen LogP contribution < -0.4 is 10.2 Å². The van der Waals surface area contributed by atoms with Gasteiger partial charge in [0.2, 0.25) is 5.95 Å². The maximum atomic E-state index is 12.8. The number of rotatable bonds is 3. The van der Waals surface area contributed by atoms with Crippen LogP contribution in [0.25, 0.3) is 0 Å². The lowest BCUT2D eigenvalue weighted by molar-refractivity contribution is 0.0927. The number of aryl methyl sites for hydroxylation is 1. The number of carbonyl (C=O) groups excluding carboxylic acids is 1.